The Labute approximate surface area is 134 Å². The molecule has 118 valence electrons. The van der Waals surface area contributed by atoms with Gasteiger partial charge in [-0.1, -0.05) is 30.1 Å². The Morgan fingerprint density at radius 3 is 2.29 bits per heavy atom. The number of nitrogens with zero attached hydrogens (tertiary/aromatic N) is 1. The fourth-order valence-electron chi connectivity index (χ4n) is 1.55. The van der Waals surface area contributed by atoms with Gasteiger partial charge in [0.25, 0.3) is 5.69 Å². The van der Waals surface area contributed by atoms with Gasteiger partial charge < -0.3 is 10.1 Å². The van der Waals surface area contributed by atoms with E-state index < -0.39 is 4.92 Å². The fraction of sp³-hybridized carbons (Fsp3) is 0.571. The minimum absolute atomic E-state index is 0.0386. The third-order valence-corrected chi connectivity index (χ3v) is 3.25. The van der Waals surface area contributed by atoms with Crippen LogP contribution in [0.4, 0.5) is 5.69 Å². The summed E-state index contributed by atoms with van der Waals surface area (Å²) in [6, 6.07) is 2.47. The molecule has 0 fully saturated rings. The number of halogens is 2. The van der Waals surface area contributed by atoms with Crippen LogP contribution < -0.4 is 10.1 Å². The van der Waals surface area contributed by atoms with Crippen LogP contribution in [0.2, 0.25) is 10.0 Å². The number of nitrogens with one attached hydrogen (secondary N) is 1. The molecular weight excluding hydrogens is 315 g/mol. The van der Waals surface area contributed by atoms with Crippen LogP contribution in [0.3, 0.4) is 0 Å². The summed E-state index contributed by atoms with van der Waals surface area (Å²) in [5.74, 6) is 0.526. The molecule has 0 heterocycles. The zero-order valence-corrected chi connectivity index (χ0v) is 14.1. The predicted molar refractivity (Wildman–Crippen MR) is 85.5 cm³/mol. The van der Waals surface area contributed by atoms with Gasteiger partial charge in [0.1, 0.15) is 0 Å². The topological polar surface area (TPSA) is 64.4 Å². The minimum atomic E-state index is -0.544. The Bertz CT molecular complexity index is 492. The van der Waals surface area contributed by atoms with Crippen molar-refractivity contribution < 1.29 is 9.66 Å². The molecule has 1 rings (SSSR count). The lowest BCUT2D eigenvalue weighted by Gasteiger charge is -2.23. The first-order chi connectivity index (χ1) is 9.60. The van der Waals surface area contributed by atoms with Crippen molar-refractivity contribution in [1.29, 1.82) is 0 Å². The van der Waals surface area contributed by atoms with E-state index in [0.29, 0.717) is 6.61 Å². The molecule has 1 unspecified atom stereocenters. The number of nitro groups is 1. The average molecular weight is 335 g/mol. The van der Waals surface area contributed by atoms with E-state index in [9.17, 15) is 10.1 Å². The Hall–Kier alpha value is -1.04. The molecule has 0 saturated heterocycles. The Morgan fingerprint density at radius 2 is 1.86 bits per heavy atom. The minimum Gasteiger partial charge on any atom is -0.490 e. The normalized spacial score (nSPS) is 13.0. The summed E-state index contributed by atoms with van der Waals surface area (Å²) in [5.41, 5.74) is -0.114. The molecule has 0 saturated carbocycles. The lowest BCUT2D eigenvalue weighted by molar-refractivity contribution is -0.384. The van der Waals surface area contributed by atoms with Gasteiger partial charge in [0.05, 0.1) is 21.6 Å². The highest BCUT2D eigenvalue weighted by Crippen LogP contribution is 2.36. The quantitative estimate of drug-likeness (QED) is 0.622. The molecule has 0 spiro atoms. The molecule has 0 amide bonds. The summed E-state index contributed by atoms with van der Waals surface area (Å²) in [7, 11) is 0. The standard InChI is InChI=1S/C14H20Cl2N2O3/c1-9(7-17-14(2,3)4)8-21-13-11(15)5-10(18(19)20)6-12(13)16/h5-6,9,17H,7-8H2,1-4H3. The number of nitro benzene ring substituents is 1. The van der Waals surface area contributed by atoms with Gasteiger partial charge in [-0.3, -0.25) is 10.1 Å². The number of hydrogen-bond donors (Lipinski definition) is 1. The van der Waals surface area contributed by atoms with E-state index in [2.05, 4.69) is 26.1 Å². The first-order valence-electron chi connectivity index (χ1n) is 6.61. The van der Waals surface area contributed by atoms with Gasteiger partial charge in [-0.25, -0.2) is 0 Å². The predicted octanol–water partition coefficient (Wildman–Crippen LogP) is 4.30. The summed E-state index contributed by atoms with van der Waals surface area (Å²) >= 11 is 12.0. The number of ether oxygens (including phenoxy) is 1. The Kier molecular flexibility index (Phi) is 6.25. The van der Waals surface area contributed by atoms with Gasteiger partial charge in [0.15, 0.2) is 5.75 Å². The zero-order valence-electron chi connectivity index (χ0n) is 12.6. The number of benzene rings is 1. The maximum absolute atomic E-state index is 10.7. The van der Waals surface area contributed by atoms with Gasteiger partial charge >= 0.3 is 0 Å². The van der Waals surface area contributed by atoms with Crippen molar-refractivity contribution in [3.05, 3.63) is 32.3 Å². The smallest absolute Gasteiger partial charge is 0.272 e. The molecule has 1 aromatic carbocycles. The van der Waals surface area contributed by atoms with Crippen molar-refractivity contribution in [3.63, 3.8) is 0 Å². The largest absolute Gasteiger partial charge is 0.490 e. The summed E-state index contributed by atoms with van der Waals surface area (Å²) in [6.07, 6.45) is 0. The van der Waals surface area contributed by atoms with E-state index in [1.165, 1.54) is 12.1 Å². The summed E-state index contributed by atoms with van der Waals surface area (Å²) in [4.78, 5) is 10.2. The van der Waals surface area contributed by atoms with Gasteiger partial charge in [0, 0.05) is 30.1 Å². The average Bonchev–Trinajstić information content (AvgIpc) is 2.34. The molecule has 1 atom stereocenters. The molecule has 7 heteroatoms. The van der Waals surface area contributed by atoms with Crippen LogP contribution in [0, 0.1) is 16.0 Å². The number of hydrogen-bond acceptors (Lipinski definition) is 4. The van der Waals surface area contributed by atoms with Crippen molar-refractivity contribution in [2.45, 2.75) is 33.2 Å². The zero-order chi connectivity index (χ0) is 16.2. The van der Waals surface area contributed by atoms with E-state index in [1.807, 2.05) is 6.92 Å². The molecule has 0 radical (unpaired) electrons. The molecular formula is C14H20Cl2N2O3. The molecule has 0 aliphatic rings. The molecule has 0 aliphatic heterocycles. The van der Waals surface area contributed by atoms with E-state index in [4.69, 9.17) is 27.9 Å². The van der Waals surface area contributed by atoms with Crippen LogP contribution >= 0.6 is 23.2 Å². The van der Waals surface area contributed by atoms with Crippen molar-refractivity contribution >= 4 is 28.9 Å². The fourth-order valence-corrected chi connectivity index (χ4v) is 2.14. The molecule has 1 aromatic rings. The van der Waals surface area contributed by atoms with Crippen molar-refractivity contribution in [3.8, 4) is 5.75 Å². The van der Waals surface area contributed by atoms with Crippen LogP contribution in [0.15, 0.2) is 12.1 Å². The monoisotopic (exact) mass is 334 g/mol. The van der Waals surface area contributed by atoms with Crippen LogP contribution in [0.5, 0.6) is 5.75 Å². The highest BCUT2D eigenvalue weighted by atomic mass is 35.5. The highest BCUT2D eigenvalue weighted by Gasteiger charge is 2.17. The van der Waals surface area contributed by atoms with Gasteiger partial charge in [0.2, 0.25) is 0 Å². The Morgan fingerprint density at radius 1 is 1.33 bits per heavy atom. The maximum atomic E-state index is 10.7. The third kappa shape index (κ3) is 6.08. The lowest BCUT2D eigenvalue weighted by atomic mass is 10.1. The number of non-ortho nitro benzene ring substituents is 1. The third-order valence-electron chi connectivity index (χ3n) is 2.69. The van der Waals surface area contributed by atoms with E-state index in [1.54, 1.807) is 0 Å². The molecule has 0 bridgehead atoms. The van der Waals surface area contributed by atoms with E-state index in [-0.39, 0.29) is 32.9 Å². The van der Waals surface area contributed by atoms with Crippen LogP contribution in [-0.2, 0) is 0 Å². The van der Waals surface area contributed by atoms with E-state index >= 15 is 0 Å². The maximum Gasteiger partial charge on any atom is 0.272 e. The van der Waals surface area contributed by atoms with Crippen LogP contribution in [-0.4, -0.2) is 23.6 Å². The van der Waals surface area contributed by atoms with Gasteiger partial charge in [-0.05, 0) is 20.8 Å². The summed E-state index contributed by atoms with van der Waals surface area (Å²) in [5, 5.41) is 14.4. The Balaban J connectivity index is 2.65. The molecule has 5 nitrogen and oxygen atoms in total. The second-order valence-corrected chi connectivity index (χ2v) is 6.86. The summed E-state index contributed by atoms with van der Waals surface area (Å²) in [6.45, 7) is 9.50. The van der Waals surface area contributed by atoms with Gasteiger partial charge in [-0.15, -0.1) is 0 Å². The number of rotatable bonds is 6. The lowest BCUT2D eigenvalue weighted by Crippen LogP contribution is -2.39. The molecule has 1 N–H and O–H groups in total. The van der Waals surface area contributed by atoms with E-state index in [0.717, 1.165) is 6.54 Å². The van der Waals surface area contributed by atoms with Gasteiger partial charge in [-0.2, -0.15) is 0 Å². The molecule has 21 heavy (non-hydrogen) atoms. The first-order valence-corrected chi connectivity index (χ1v) is 7.37. The van der Waals surface area contributed by atoms with Crippen LogP contribution in [0.1, 0.15) is 27.7 Å². The summed E-state index contributed by atoms with van der Waals surface area (Å²) < 4.78 is 5.60. The van der Waals surface area contributed by atoms with Crippen molar-refractivity contribution in [2.24, 2.45) is 5.92 Å². The van der Waals surface area contributed by atoms with Crippen LogP contribution in [0.25, 0.3) is 0 Å². The SMILES string of the molecule is CC(CNC(C)(C)C)COc1c(Cl)cc([N+](=O)[O-])cc1Cl. The van der Waals surface area contributed by atoms with Crippen molar-refractivity contribution in [2.75, 3.05) is 13.2 Å². The second kappa shape index (κ2) is 7.29. The highest BCUT2D eigenvalue weighted by molar-refractivity contribution is 6.37. The molecule has 0 aromatic heterocycles. The van der Waals surface area contributed by atoms with Crippen molar-refractivity contribution in [1.82, 2.24) is 5.32 Å². The molecule has 0 aliphatic carbocycles. The second-order valence-electron chi connectivity index (χ2n) is 6.04. The first kappa shape index (κ1) is 18.0.